The van der Waals surface area contributed by atoms with E-state index in [2.05, 4.69) is 34.8 Å². The number of carbonyl (C=O) groups excluding carboxylic acids is 1. The van der Waals surface area contributed by atoms with Crippen molar-refractivity contribution >= 4 is 5.91 Å². The van der Waals surface area contributed by atoms with Gasteiger partial charge in [0.25, 0.3) is 5.91 Å². The summed E-state index contributed by atoms with van der Waals surface area (Å²) < 4.78 is 1.85. The molecule has 6 heteroatoms. The zero-order chi connectivity index (χ0) is 15.8. The first-order chi connectivity index (χ1) is 10.7. The number of carbonyl (C=O) groups is 1. The van der Waals surface area contributed by atoms with Crippen LogP contribution in [0.4, 0.5) is 0 Å². The van der Waals surface area contributed by atoms with Crippen LogP contribution in [0.25, 0.3) is 0 Å². The third-order valence-corrected chi connectivity index (χ3v) is 4.52. The number of hydrogen-bond donors (Lipinski definition) is 2. The number of nitrogens with zero attached hydrogens (tertiary/aromatic N) is 3. The topological polar surface area (TPSA) is 71.8 Å². The Morgan fingerprint density at radius 2 is 2.23 bits per heavy atom. The Morgan fingerprint density at radius 3 is 2.91 bits per heavy atom. The molecule has 1 aromatic heterocycles. The quantitative estimate of drug-likeness (QED) is 0.772. The van der Waals surface area contributed by atoms with Gasteiger partial charge in [-0.3, -0.25) is 4.79 Å². The molecule has 1 fully saturated rings. The number of piperidine rings is 1. The second-order valence-electron chi connectivity index (χ2n) is 6.19. The molecule has 1 aliphatic heterocycles. The third-order valence-electron chi connectivity index (χ3n) is 4.52. The van der Waals surface area contributed by atoms with Crippen LogP contribution in [0.2, 0.25) is 0 Å². The fourth-order valence-corrected chi connectivity index (χ4v) is 2.90. The van der Waals surface area contributed by atoms with Gasteiger partial charge in [0.1, 0.15) is 0 Å². The Labute approximate surface area is 133 Å². The largest absolute Gasteiger partial charge is 0.350 e. The molecule has 1 atom stereocenters. The Morgan fingerprint density at radius 1 is 1.45 bits per heavy atom. The number of aromatic nitrogens is 3. The van der Waals surface area contributed by atoms with E-state index in [0.717, 1.165) is 38.9 Å². The summed E-state index contributed by atoms with van der Waals surface area (Å²) in [5, 5.41) is 14.5. The zero-order valence-corrected chi connectivity index (χ0v) is 13.8. The molecule has 0 saturated carbocycles. The van der Waals surface area contributed by atoms with Crippen molar-refractivity contribution in [1.29, 1.82) is 0 Å². The van der Waals surface area contributed by atoms with Crippen molar-refractivity contribution in [1.82, 2.24) is 25.6 Å². The average Bonchev–Trinajstić information content (AvgIpc) is 3.06. The van der Waals surface area contributed by atoms with Gasteiger partial charge < -0.3 is 10.6 Å². The van der Waals surface area contributed by atoms with E-state index in [4.69, 9.17) is 0 Å². The molecule has 1 aromatic rings. The first-order valence-corrected chi connectivity index (χ1v) is 8.65. The van der Waals surface area contributed by atoms with Crippen LogP contribution in [0, 0.1) is 5.92 Å². The number of rotatable bonds is 8. The standard InChI is InChI=1S/C16H29N5O/c1-3-5-6-13(4-2)11-18-16(22)15-12-21(20-19-15)14-7-9-17-10-8-14/h12-14,17H,3-11H2,1-2H3,(H,18,22). The van der Waals surface area contributed by atoms with Crippen molar-refractivity contribution in [3.05, 3.63) is 11.9 Å². The van der Waals surface area contributed by atoms with Crippen molar-refractivity contribution in [3.63, 3.8) is 0 Å². The monoisotopic (exact) mass is 307 g/mol. The highest BCUT2D eigenvalue weighted by Gasteiger charge is 2.19. The van der Waals surface area contributed by atoms with Crippen LogP contribution in [-0.2, 0) is 0 Å². The molecular weight excluding hydrogens is 278 g/mol. The zero-order valence-electron chi connectivity index (χ0n) is 13.8. The highest BCUT2D eigenvalue weighted by atomic mass is 16.2. The molecule has 124 valence electrons. The molecule has 2 heterocycles. The van der Waals surface area contributed by atoms with E-state index in [1.54, 1.807) is 6.20 Å². The highest BCUT2D eigenvalue weighted by molar-refractivity contribution is 5.91. The second-order valence-corrected chi connectivity index (χ2v) is 6.19. The second kappa shape index (κ2) is 8.88. The maximum atomic E-state index is 12.2. The minimum Gasteiger partial charge on any atom is -0.350 e. The van der Waals surface area contributed by atoms with Crippen LogP contribution >= 0.6 is 0 Å². The van der Waals surface area contributed by atoms with Gasteiger partial charge in [0, 0.05) is 6.54 Å². The Hall–Kier alpha value is -1.43. The molecule has 0 spiro atoms. The van der Waals surface area contributed by atoms with Crippen LogP contribution in [0.5, 0.6) is 0 Å². The van der Waals surface area contributed by atoms with Crippen LogP contribution in [0.3, 0.4) is 0 Å². The molecule has 1 aliphatic rings. The predicted molar refractivity (Wildman–Crippen MR) is 86.8 cm³/mol. The molecule has 0 aromatic carbocycles. The van der Waals surface area contributed by atoms with E-state index in [-0.39, 0.29) is 5.91 Å². The number of unbranched alkanes of at least 4 members (excludes halogenated alkanes) is 1. The molecule has 1 unspecified atom stereocenters. The van der Waals surface area contributed by atoms with Crippen molar-refractivity contribution in [2.45, 2.75) is 58.4 Å². The van der Waals surface area contributed by atoms with E-state index in [0.29, 0.717) is 17.7 Å². The molecule has 6 nitrogen and oxygen atoms in total. The first kappa shape index (κ1) is 16.9. The van der Waals surface area contributed by atoms with Crippen molar-refractivity contribution < 1.29 is 4.79 Å². The summed E-state index contributed by atoms with van der Waals surface area (Å²) in [6, 6.07) is 0.364. The number of nitrogens with one attached hydrogen (secondary N) is 2. The van der Waals surface area contributed by atoms with E-state index in [9.17, 15) is 4.79 Å². The Bertz CT molecular complexity index is 453. The summed E-state index contributed by atoms with van der Waals surface area (Å²) in [6.45, 7) is 7.11. The molecule has 0 radical (unpaired) electrons. The lowest BCUT2D eigenvalue weighted by Crippen LogP contribution is -2.30. The van der Waals surface area contributed by atoms with Crippen molar-refractivity contribution in [2.75, 3.05) is 19.6 Å². The lowest BCUT2D eigenvalue weighted by atomic mass is 9.99. The van der Waals surface area contributed by atoms with Crippen LogP contribution in [0.1, 0.15) is 68.9 Å². The molecule has 2 N–H and O–H groups in total. The highest BCUT2D eigenvalue weighted by Crippen LogP contribution is 2.17. The van der Waals surface area contributed by atoms with E-state index in [1.165, 1.54) is 19.3 Å². The van der Waals surface area contributed by atoms with Gasteiger partial charge in [0.05, 0.1) is 12.2 Å². The molecule has 0 aliphatic carbocycles. The fourth-order valence-electron chi connectivity index (χ4n) is 2.90. The summed E-state index contributed by atoms with van der Waals surface area (Å²) in [5.41, 5.74) is 0.434. The van der Waals surface area contributed by atoms with Crippen LogP contribution in [0.15, 0.2) is 6.20 Å². The van der Waals surface area contributed by atoms with Gasteiger partial charge in [-0.1, -0.05) is 38.3 Å². The van der Waals surface area contributed by atoms with Gasteiger partial charge in [-0.15, -0.1) is 5.10 Å². The van der Waals surface area contributed by atoms with Gasteiger partial charge in [0.2, 0.25) is 0 Å². The molecule has 1 saturated heterocycles. The summed E-state index contributed by atoms with van der Waals surface area (Å²) in [4.78, 5) is 12.2. The Kier molecular flexibility index (Phi) is 6.83. The molecule has 0 bridgehead atoms. The molecular formula is C16H29N5O. The summed E-state index contributed by atoms with van der Waals surface area (Å²) >= 11 is 0. The van der Waals surface area contributed by atoms with Gasteiger partial charge in [-0.2, -0.15) is 0 Å². The third kappa shape index (κ3) is 4.80. The van der Waals surface area contributed by atoms with E-state index in [1.807, 2.05) is 4.68 Å². The summed E-state index contributed by atoms with van der Waals surface area (Å²) in [5.74, 6) is 0.457. The SMILES string of the molecule is CCCCC(CC)CNC(=O)c1cn(C2CCNCC2)nn1. The van der Waals surface area contributed by atoms with Crippen molar-refractivity contribution in [2.24, 2.45) is 5.92 Å². The normalized spacial score (nSPS) is 17.4. The van der Waals surface area contributed by atoms with Gasteiger partial charge in [0.15, 0.2) is 5.69 Å². The van der Waals surface area contributed by atoms with Crippen LogP contribution in [-0.4, -0.2) is 40.5 Å². The predicted octanol–water partition coefficient (Wildman–Crippen LogP) is 2.15. The maximum Gasteiger partial charge on any atom is 0.273 e. The van der Waals surface area contributed by atoms with Crippen LogP contribution < -0.4 is 10.6 Å². The minimum atomic E-state index is -0.102. The Balaban J connectivity index is 1.83. The smallest absolute Gasteiger partial charge is 0.273 e. The number of hydrogen-bond acceptors (Lipinski definition) is 4. The lowest BCUT2D eigenvalue weighted by molar-refractivity contribution is 0.0940. The molecule has 2 rings (SSSR count). The molecule has 22 heavy (non-hydrogen) atoms. The van der Waals surface area contributed by atoms with E-state index >= 15 is 0 Å². The summed E-state index contributed by atoms with van der Waals surface area (Å²) in [7, 11) is 0. The van der Waals surface area contributed by atoms with Gasteiger partial charge in [-0.05, 0) is 38.3 Å². The maximum absolute atomic E-state index is 12.2. The van der Waals surface area contributed by atoms with Crippen molar-refractivity contribution in [3.8, 4) is 0 Å². The molecule has 1 amide bonds. The van der Waals surface area contributed by atoms with Gasteiger partial charge in [-0.25, -0.2) is 4.68 Å². The average molecular weight is 307 g/mol. The summed E-state index contributed by atoms with van der Waals surface area (Å²) in [6.07, 6.45) is 8.57. The minimum absolute atomic E-state index is 0.102. The number of amides is 1. The van der Waals surface area contributed by atoms with E-state index < -0.39 is 0 Å². The first-order valence-electron chi connectivity index (χ1n) is 8.65. The van der Waals surface area contributed by atoms with Gasteiger partial charge >= 0.3 is 0 Å². The lowest BCUT2D eigenvalue weighted by Gasteiger charge is -2.22. The fraction of sp³-hybridized carbons (Fsp3) is 0.812.